The van der Waals surface area contributed by atoms with Crippen LogP contribution in [0, 0.1) is 0 Å². The monoisotopic (exact) mass is 410 g/mol. The number of anilines is 2. The summed E-state index contributed by atoms with van der Waals surface area (Å²) in [4.78, 5) is 34.6. The van der Waals surface area contributed by atoms with Crippen molar-refractivity contribution in [3.63, 3.8) is 0 Å². The number of rotatable bonds is 7. The zero-order valence-electron chi connectivity index (χ0n) is 15.7. The van der Waals surface area contributed by atoms with E-state index in [0.29, 0.717) is 27.8 Å². The molecule has 0 saturated carbocycles. The van der Waals surface area contributed by atoms with E-state index in [1.54, 1.807) is 48.5 Å². The Morgan fingerprint density at radius 1 is 0.897 bits per heavy atom. The Bertz CT molecular complexity index is 1030. The van der Waals surface area contributed by atoms with Gasteiger partial charge in [0.25, 0.3) is 0 Å². The molecule has 2 aromatic carbocycles. The maximum atomic E-state index is 12.4. The van der Waals surface area contributed by atoms with Crippen LogP contribution in [0.15, 0.2) is 53.7 Å². The fraction of sp³-hybridized carbons (Fsp3) is 0.158. The molecule has 1 aromatic heterocycles. The van der Waals surface area contributed by atoms with Gasteiger partial charge in [0.1, 0.15) is 0 Å². The summed E-state index contributed by atoms with van der Waals surface area (Å²) in [6.45, 7) is 2.86. The second-order valence-electron chi connectivity index (χ2n) is 6.07. The normalized spacial score (nSPS) is 10.4. The highest BCUT2D eigenvalue weighted by Crippen LogP contribution is 2.21. The van der Waals surface area contributed by atoms with Crippen LogP contribution in [0.1, 0.15) is 24.2 Å². The minimum atomic E-state index is -0.170. The summed E-state index contributed by atoms with van der Waals surface area (Å²) in [5.41, 5.74) is 2.54. The Labute approximate surface area is 170 Å². The highest BCUT2D eigenvalue weighted by Gasteiger charge is 2.13. The number of Topliss-reactive ketones (excluding diaryl/α,β-unsaturated/α-hetero) is 1. The van der Waals surface area contributed by atoms with Crippen LogP contribution >= 0.6 is 11.8 Å². The zero-order valence-corrected chi connectivity index (χ0v) is 16.6. The predicted molar refractivity (Wildman–Crippen MR) is 109 cm³/mol. The van der Waals surface area contributed by atoms with Gasteiger partial charge in [-0.25, -0.2) is 0 Å². The summed E-state index contributed by atoms with van der Waals surface area (Å²) in [6, 6.07) is 13.7. The molecular weight excluding hydrogens is 392 g/mol. The Kier molecular flexibility index (Phi) is 6.35. The quantitative estimate of drug-likeness (QED) is 0.454. The first-order valence-electron chi connectivity index (χ1n) is 8.62. The van der Waals surface area contributed by atoms with Crippen LogP contribution in [0.2, 0.25) is 0 Å². The number of nitrogens with zero attached hydrogens (tertiary/aromatic N) is 4. The van der Waals surface area contributed by atoms with Crippen LogP contribution in [0.3, 0.4) is 0 Å². The van der Waals surface area contributed by atoms with E-state index in [9.17, 15) is 14.4 Å². The van der Waals surface area contributed by atoms with Gasteiger partial charge in [-0.05, 0) is 59.0 Å². The Balaban J connectivity index is 1.65. The lowest BCUT2D eigenvalue weighted by Crippen LogP contribution is -2.08. The molecule has 2 N–H and O–H groups in total. The van der Waals surface area contributed by atoms with Gasteiger partial charge in [0.15, 0.2) is 5.78 Å². The first-order valence-corrected chi connectivity index (χ1v) is 9.61. The molecule has 0 bridgehead atoms. The molecule has 9 nitrogen and oxygen atoms in total. The molecule has 0 aliphatic heterocycles. The van der Waals surface area contributed by atoms with E-state index in [1.165, 1.54) is 30.3 Å². The van der Waals surface area contributed by atoms with Gasteiger partial charge in [0, 0.05) is 30.8 Å². The average molecular weight is 410 g/mol. The third-order valence-corrected chi connectivity index (χ3v) is 4.65. The molecule has 2 amide bonds. The van der Waals surface area contributed by atoms with Crippen molar-refractivity contribution in [2.24, 2.45) is 0 Å². The third kappa shape index (κ3) is 5.48. The van der Waals surface area contributed by atoms with Gasteiger partial charge in [-0.15, -0.1) is 5.10 Å². The van der Waals surface area contributed by atoms with Gasteiger partial charge >= 0.3 is 0 Å². The van der Waals surface area contributed by atoms with Crippen molar-refractivity contribution in [1.82, 2.24) is 20.2 Å². The second-order valence-corrected chi connectivity index (χ2v) is 7.01. The summed E-state index contributed by atoms with van der Waals surface area (Å²) in [5, 5.41) is 17.4. The fourth-order valence-corrected chi connectivity index (χ4v) is 3.26. The van der Waals surface area contributed by atoms with Crippen LogP contribution in [0.4, 0.5) is 11.4 Å². The van der Waals surface area contributed by atoms with Crippen LogP contribution in [-0.2, 0) is 9.59 Å². The topological polar surface area (TPSA) is 119 Å². The molecule has 1 heterocycles. The molecule has 148 valence electrons. The minimum absolute atomic E-state index is 0.0834. The molecule has 3 rings (SSSR count). The van der Waals surface area contributed by atoms with Gasteiger partial charge in [-0.1, -0.05) is 11.8 Å². The van der Waals surface area contributed by atoms with Crippen molar-refractivity contribution in [3.05, 3.63) is 54.1 Å². The van der Waals surface area contributed by atoms with E-state index in [0.717, 1.165) is 0 Å². The molecule has 0 aliphatic rings. The van der Waals surface area contributed by atoms with E-state index in [1.807, 2.05) is 0 Å². The smallest absolute Gasteiger partial charge is 0.221 e. The predicted octanol–water partition coefficient (Wildman–Crippen LogP) is 2.55. The SMILES string of the molecule is CC(=O)Nc1ccc(C(=O)CSc2nnnn2-c2ccc(NC(C)=O)cc2)cc1. The molecular formula is C19H18N6O3S. The molecule has 0 radical (unpaired) electrons. The standard InChI is InChI=1S/C19H18N6O3S/c1-12(26)20-15-5-3-14(4-6-15)18(28)11-29-19-22-23-24-25(19)17-9-7-16(8-10-17)21-13(2)27/h3-10H,11H2,1-2H3,(H,20,26)(H,21,27). The van der Waals surface area contributed by atoms with E-state index in [4.69, 9.17) is 0 Å². The van der Waals surface area contributed by atoms with Gasteiger partial charge in [-0.3, -0.25) is 14.4 Å². The van der Waals surface area contributed by atoms with Gasteiger partial charge in [-0.2, -0.15) is 4.68 Å². The number of aromatic nitrogens is 4. The number of hydrogen-bond donors (Lipinski definition) is 2. The lowest BCUT2D eigenvalue weighted by molar-refractivity contribution is -0.115. The summed E-state index contributed by atoms with van der Waals surface area (Å²) < 4.78 is 1.52. The van der Waals surface area contributed by atoms with E-state index in [2.05, 4.69) is 26.2 Å². The fourth-order valence-electron chi connectivity index (χ4n) is 2.48. The van der Waals surface area contributed by atoms with Crippen molar-refractivity contribution in [2.45, 2.75) is 19.0 Å². The number of tetrazole rings is 1. The highest BCUT2D eigenvalue weighted by atomic mass is 32.2. The van der Waals surface area contributed by atoms with Crippen LogP contribution in [0.25, 0.3) is 5.69 Å². The number of benzene rings is 2. The number of hydrogen-bond acceptors (Lipinski definition) is 7. The molecule has 0 atom stereocenters. The van der Waals surface area contributed by atoms with Crippen molar-refractivity contribution in [2.75, 3.05) is 16.4 Å². The Hall–Kier alpha value is -3.53. The van der Waals surface area contributed by atoms with Crippen LogP contribution in [-0.4, -0.2) is 43.6 Å². The van der Waals surface area contributed by atoms with Gasteiger partial charge < -0.3 is 10.6 Å². The third-order valence-electron chi connectivity index (χ3n) is 3.73. The van der Waals surface area contributed by atoms with Crippen LogP contribution in [0.5, 0.6) is 0 Å². The number of carbonyl (C=O) groups excluding carboxylic acids is 3. The van der Waals surface area contributed by atoms with Crippen molar-refractivity contribution >= 4 is 40.7 Å². The largest absolute Gasteiger partial charge is 0.326 e. The maximum absolute atomic E-state index is 12.4. The van der Waals surface area contributed by atoms with Gasteiger partial charge in [0.2, 0.25) is 17.0 Å². The Morgan fingerprint density at radius 3 is 2.00 bits per heavy atom. The first-order chi connectivity index (χ1) is 13.9. The van der Waals surface area contributed by atoms with Crippen molar-refractivity contribution < 1.29 is 14.4 Å². The van der Waals surface area contributed by atoms with E-state index >= 15 is 0 Å². The summed E-state index contributed by atoms with van der Waals surface area (Å²) >= 11 is 1.22. The summed E-state index contributed by atoms with van der Waals surface area (Å²) in [7, 11) is 0. The van der Waals surface area contributed by atoms with E-state index < -0.39 is 0 Å². The molecule has 0 aliphatic carbocycles. The van der Waals surface area contributed by atoms with E-state index in [-0.39, 0.29) is 23.4 Å². The lowest BCUT2D eigenvalue weighted by Gasteiger charge is -2.06. The highest BCUT2D eigenvalue weighted by molar-refractivity contribution is 7.99. The number of ketones is 1. The second kappa shape index (κ2) is 9.11. The zero-order chi connectivity index (χ0) is 20.8. The number of amides is 2. The molecule has 0 spiro atoms. The summed E-state index contributed by atoms with van der Waals surface area (Å²) in [6.07, 6.45) is 0. The molecule has 0 fully saturated rings. The van der Waals surface area contributed by atoms with Crippen LogP contribution < -0.4 is 10.6 Å². The molecule has 0 unspecified atom stereocenters. The molecule has 0 saturated heterocycles. The maximum Gasteiger partial charge on any atom is 0.221 e. The first kappa shape index (κ1) is 20.2. The van der Waals surface area contributed by atoms with Crippen molar-refractivity contribution in [1.29, 1.82) is 0 Å². The lowest BCUT2D eigenvalue weighted by atomic mass is 10.1. The van der Waals surface area contributed by atoms with Crippen molar-refractivity contribution in [3.8, 4) is 5.69 Å². The summed E-state index contributed by atoms with van der Waals surface area (Å²) in [5.74, 6) is -0.249. The number of carbonyl (C=O) groups is 3. The van der Waals surface area contributed by atoms with Gasteiger partial charge in [0.05, 0.1) is 11.4 Å². The molecule has 29 heavy (non-hydrogen) atoms. The molecule has 3 aromatic rings. The number of nitrogens with one attached hydrogen (secondary N) is 2. The minimum Gasteiger partial charge on any atom is -0.326 e. The Morgan fingerprint density at radius 2 is 1.45 bits per heavy atom. The molecule has 10 heteroatoms. The average Bonchev–Trinajstić information content (AvgIpc) is 3.15. The number of thioether (sulfide) groups is 1.